The highest BCUT2D eigenvalue weighted by atomic mass is 32.2. The number of hydrogen-bond donors (Lipinski definition) is 0. The summed E-state index contributed by atoms with van der Waals surface area (Å²) in [6.07, 6.45) is 5.00. The van der Waals surface area contributed by atoms with Gasteiger partial charge in [0.2, 0.25) is 0 Å². The molecule has 1 aliphatic heterocycles. The molecular formula is C13H26N2O3S. The molecule has 0 aromatic heterocycles. The van der Waals surface area contributed by atoms with Crippen LogP contribution in [0.5, 0.6) is 0 Å². The minimum atomic E-state index is -2.05. The van der Waals surface area contributed by atoms with Gasteiger partial charge in [-0.2, -0.15) is 0 Å². The first-order chi connectivity index (χ1) is 8.57. The number of nitrogens with zero attached hydrogens (tertiary/aromatic N) is 2. The van der Waals surface area contributed by atoms with Gasteiger partial charge < -0.3 is 9.64 Å². The Morgan fingerprint density at radius 3 is 2.58 bits per heavy atom. The van der Waals surface area contributed by atoms with Crippen LogP contribution in [-0.2, 0) is 14.5 Å². The van der Waals surface area contributed by atoms with Gasteiger partial charge in [0, 0.05) is 35.3 Å². The van der Waals surface area contributed by atoms with E-state index in [1.165, 1.54) is 0 Å². The third kappa shape index (κ3) is 6.80. The number of carbonyl (C=O) groups is 1. The molecule has 1 atom stereocenters. The van der Waals surface area contributed by atoms with Crippen molar-refractivity contribution < 1.29 is 13.7 Å². The molecule has 5 nitrogen and oxygen atoms in total. The third-order valence-electron chi connectivity index (χ3n) is 2.81. The maximum atomic E-state index is 12.0. The van der Waals surface area contributed by atoms with Gasteiger partial charge in [-0.3, -0.25) is 4.21 Å². The third-order valence-corrected chi connectivity index (χ3v) is 3.59. The highest BCUT2D eigenvalue weighted by molar-refractivity contribution is 7.92. The number of hydrogen-bond acceptors (Lipinski definition) is 4. The molecule has 0 radical (unpaired) electrons. The van der Waals surface area contributed by atoms with Crippen LogP contribution in [0.2, 0.25) is 0 Å². The zero-order chi connectivity index (χ0) is 14.7. The second-order valence-corrected chi connectivity index (χ2v) is 9.05. The minimum Gasteiger partial charge on any atom is -0.444 e. The fourth-order valence-electron chi connectivity index (χ4n) is 1.99. The van der Waals surface area contributed by atoms with E-state index in [0.29, 0.717) is 19.0 Å². The molecule has 0 aromatic rings. The molecule has 1 unspecified atom stereocenters. The van der Waals surface area contributed by atoms with Crippen LogP contribution >= 0.6 is 0 Å². The minimum absolute atomic E-state index is 0.258. The van der Waals surface area contributed by atoms with E-state index in [9.17, 15) is 9.00 Å². The van der Waals surface area contributed by atoms with Crippen LogP contribution in [0.25, 0.3) is 0 Å². The van der Waals surface area contributed by atoms with E-state index in [0.717, 1.165) is 19.4 Å². The Hall–Kier alpha value is -0.780. The molecule has 1 aliphatic rings. The Kier molecular flexibility index (Phi) is 5.24. The molecule has 0 spiro atoms. The van der Waals surface area contributed by atoms with Gasteiger partial charge in [0.15, 0.2) is 0 Å². The maximum Gasteiger partial charge on any atom is 0.410 e. The summed E-state index contributed by atoms with van der Waals surface area (Å²) in [6, 6.07) is 0. The highest BCUT2D eigenvalue weighted by Gasteiger charge is 2.27. The first-order valence-electron chi connectivity index (χ1n) is 6.68. The number of likely N-dealkylation sites (tertiary alicyclic amines) is 1. The molecule has 0 aliphatic carbocycles. The number of piperidine rings is 1. The largest absolute Gasteiger partial charge is 0.444 e. The summed E-state index contributed by atoms with van der Waals surface area (Å²) in [5, 5.41) is 0. The van der Waals surface area contributed by atoms with E-state index in [1.807, 2.05) is 20.8 Å². The predicted molar refractivity (Wildman–Crippen MR) is 77.8 cm³/mol. The van der Waals surface area contributed by atoms with Crippen LogP contribution in [0.1, 0.15) is 33.6 Å². The van der Waals surface area contributed by atoms with Crippen LogP contribution in [0.3, 0.4) is 0 Å². The average molecular weight is 290 g/mol. The van der Waals surface area contributed by atoms with Gasteiger partial charge in [-0.15, -0.1) is 0 Å². The van der Waals surface area contributed by atoms with Crippen molar-refractivity contribution in [3.63, 3.8) is 0 Å². The zero-order valence-electron chi connectivity index (χ0n) is 12.6. The second kappa shape index (κ2) is 6.11. The van der Waals surface area contributed by atoms with Crippen molar-refractivity contribution in [2.75, 3.05) is 32.1 Å². The normalized spacial score (nSPS) is 21.1. The molecule has 112 valence electrons. The van der Waals surface area contributed by atoms with E-state index >= 15 is 0 Å². The molecule has 0 saturated carbocycles. The monoisotopic (exact) mass is 290 g/mol. The Labute approximate surface area is 116 Å². The van der Waals surface area contributed by atoms with Crippen molar-refractivity contribution in [3.8, 4) is 0 Å². The van der Waals surface area contributed by atoms with Crippen LogP contribution < -0.4 is 0 Å². The van der Waals surface area contributed by atoms with Gasteiger partial charge in [0.05, 0.1) is 6.54 Å². The molecule has 0 N–H and O–H groups in total. The SMILES string of the molecule is CC(C)(C)OC(=O)N1CCCC(CN=S(C)(C)=O)C1. The van der Waals surface area contributed by atoms with Crippen molar-refractivity contribution in [2.24, 2.45) is 10.3 Å². The molecule has 0 bridgehead atoms. The Morgan fingerprint density at radius 2 is 2.05 bits per heavy atom. The average Bonchev–Trinajstić information content (AvgIpc) is 2.23. The molecule has 1 saturated heterocycles. The van der Waals surface area contributed by atoms with Crippen LogP contribution in [0.15, 0.2) is 4.36 Å². The summed E-state index contributed by atoms with van der Waals surface area (Å²) >= 11 is 0. The van der Waals surface area contributed by atoms with Crippen molar-refractivity contribution in [1.82, 2.24) is 4.90 Å². The fraction of sp³-hybridized carbons (Fsp3) is 0.923. The maximum absolute atomic E-state index is 12.0. The molecule has 1 fully saturated rings. The van der Waals surface area contributed by atoms with Crippen LogP contribution in [-0.4, -0.2) is 52.9 Å². The summed E-state index contributed by atoms with van der Waals surface area (Å²) in [5.41, 5.74) is -0.463. The predicted octanol–water partition coefficient (Wildman–Crippen LogP) is 2.36. The lowest BCUT2D eigenvalue weighted by atomic mass is 9.99. The quantitative estimate of drug-likeness (QED) is 0.784. The first-order valence-corrected chi connectivity index (χ1v) is 9.01. The topological polar surface area (TPSA) is 59.0 Å². The lowest BCUT2D eigenvalue weighted by Gasteiger charge is -2.33. The lowest BCUT2D eigenvalue weighted by molar-refractivity contribution is 0.0171. The van der Waals surface area contributed by atoms with Gasteiger partial charge in [0.25, 0.3) is 0 Å². The highest BCUT2D eigenvalue weighted by Crippen LogP contribution is 2.19. The Bertz CT molecular complexity index is 426. The summed E-state index contributed by atoms with van der Waals surface area (Å²) in [4.78, 5) is 13.7. The summed E-state index contributed by atoms with van der Waals surface area (Å²) in [7, 11) is -2.05. The van der Waals surface area contributed by atoms with E-state index in [2.05, 4.69) is 4.36 Å². The number of carbonyl (C=O) groups excluding carboxylic acids is 1. The van der Waals surface area contributed by atoms with Crippen molar-refractivity contribution in [1.29, 1.82) is 0 Å². The second-order valence-electron chi connectivity index (χ2n) is 6.43. The molecule has 1 rings (SSSR count). The molecule has 1 amide bonds. The van der Waals surface area contributed by atoms with Gasteiger partial charge in [-0.1, -0.05) is 0 Å². The van der Waals surface area contributed by atoms with Crippen molar-refractivity contribution in [3.05, 3.63) is 0 Å². The smallest absolute Gasteiger partial charge is 0.410 e. The van der Waals surface area contributed by atoms with E-state index < -0.39 is 15.3 Å². The summed E-state index contributed by atoms with van der Waals surface area (Å²) < 4.78 is 21.1. The summed E-state index contributed by atoms with van der Waals surface area (Å²) in [5.74, 6) is 0.294. The molecule has 6 heteroatoms. The van der Waals surface area contributed by atoms with E-state index in [4.69, 9.17) is 4.74 Å². The molecule has 0 aromatic carbocycles. The van der Waals surface area contributed by atoms with Crippen molar-refractivity contribution in [2.45, 2.75) is 39.2 Å². The molecular weight excluding hydrogens is 264 g/mol. The number of rotatable bonds is 2. The Balaban J connectivity index is 2.55. The van der Waals surface area contributed by atoms with Gasteiger partial charge in [-0.05, 0) is 39.5 Å². The van der Waals surface area contributed by atoms with Gasteiger partial charge >= 0.3 is 6.09 Å². The molecule has 19 heavy (non-hydrogen) atoms. The number of ether oxygens (including phenoxy) is 1. The lowest BCUT2D eigenvalue weighted by Crippen LogP contribution is -2.43. The Morgan fingerprint density at radius 1 is 1.42 bits per heavy atom. The van der Waals surface area contributed by atoms with Crippen LogP contribution in [0.4, 0.5) is 4.79 Å². The van der Waals surface area contributed by atoms with Gasteiger partial charge in [0.1, 0.15) is 5.60 Å². The van der Waals surface area contributed by atoms with E-state index in [1.54, 1.807) is 17.4 Å². The first kappa shape index (κ1) is 16.3. The number of amides is 1. The van der Waals surface area contributed by atoms with E-state index in [-0.39, 0.29) is 6.09 Å². The van der Waals surface area contributed by atoms with Crippen LogP contribution in [0, 0.1) is 5.92 Å². The fourth-order valence-corrected chi connectivity index (χ4v) is 2.56. The van der Waals surface area contributed by atoms with Crippen molar-refractivity contribution >= 4 is 15.8 Å². The standard InChI is InChI=1S/C13H26N2O3S/c1-13(2,3)18-12(16)15-8-6-7-11(10-15)9-14-19(4,5)17/h11H,6-10H2,1-5H3. The van der Waals surface area contributed by atoms with Gasteiger partial charge in [-0.25, -0.2) is 9.16 Å². The molecule has 1 heterocycles. The summed E-state index contributed by atoms with van der Waals surface area (Å²) in [6.45, 7) is 7.54. The zero-order valence-corrected chi connectivity index (χ0v) is 13.5.